The fraction of sp³-hybridized carbons (Fsp3) is 0.0952. The van der Waals surface area contributed by atoms with Crippen molar-refractivity contribution in [2.45, 2.75) is 13.0 Å². The van der Waals surface area contributed by atoms with E-state index < -0.39 is 18.0 Å². The smallest absolute Gasteiger partial charge is 0.331 e. The third-order valence-electron chi connectivity index (χ3n) is 4.20. The second-order valence-corrected chi connectivity index (χ2v) is 7.41. The van der Waals surface area contributed by atoms with Gasteiger partial charge in [-0.05, 0) is 30.7 Å². The fourth-order valence-electron chi connectivity index (χ4n) is 2.70. The van der Waals surface area contributed by atoms with Gasteiger partial charge in [0, 0.05) is 15.8 Å². The number of imidazole rings is 1. The van der Waals surface area contributed by atoms with E-state index in [2.05, 4.69) is 25.3 Å². The van der Waals surface area contributed by atoms with Crippen molar-refractivity contribution in [3.63, 3.8) is 0 Å². The second-order valence-electron chi connectivity index (χ2n) is 6.29. The Bertz CT molecular complexity index is 1220. The van der Waals surface area contributed by atoms with Crippen LogP contribution in [0.1, 0.15) is 11.8 Å². The standard InChI is InChI=1S/C21H17N5O3S/c1-13(21(28)26-20-18-19(23-11-22-18)24-12-25-20)29-17(27)10-8-15-7-9-16(30-15)14-5-3-2-4-6-14/h2-13H,1H3,(H2,22,23,24,25,26,28)/b10-8+. The third kappa shape index (κ3) is 4.41. The number of hydrogen-bond acceptors (Lipinski definition) is 7. The maximum Gasteiger partial charge on any atom is 0.331 e. The average Bonchev–Trinajstić information content (AvgIpc) is 3.43. The van der Waals surface area contributed by atoms with Gasteiger partial charge in [0.2, 0.25) is 0 Å². The lowest BCUT2D eigenvalue weighted by Crippen LogP contribution is -2.29. The van der Waals surface area contributed by atoms with E-state index >= 15 is 0 Å². The van der Waals surface area contributed by atoms with Crippen LogP contribution in [0, 0.1) is 0 Å². The predicted molar refractivity (Wildman–Crippen MR) is 115 cm³/mol. The van der Waals surface area contributed by atoms with Crippen molar-refractivity contribution in [1.29, 1.82) is 0 Å². The summed E-state index contributed by atoms with van der Waals surface area (Å²) in [5.74, 6) is -0.844. The highest BCUT2D eigenvalue weighted by Crippen LogP contribution is 2.28. The van der Waals surface area contributed by atoms with Crippen molar-refractivity contribution in [2.24, 2.45) is 0 Å². The molecule has 0 saturated heterocycles. The topological polar surface area (TPSA) is 110 Å². The number of esters is 1. The Balaban J connectivity index is 1.35. The van der Waals surface area contributed by atoms with Crippen LogP contribution >= 0.6 is 11.3 Å². The molecule has 9 heteroatoms. The Morgan fingerprint density at radius 3 is 2.80 bits per heavy atom. The highest BCUT2D eigenvalue weighted by Gasteiger charge is 2.19. The first kappa shape index (κ1) is 19.5. The average molecular weight is 419 g/mol. The molecule has 0 aliphatic carbocycles. The Labute approximate surface area is 175 Å². The van der Waals surface area contributed by atoms with Crippen molar-refractivity contribution >= 4 is 46.3 Å². The van der Waals surface area contributed by atoms with Crippen LogP contribution in [0.3, 0.4) is 0 Å². The first-order valence-electron chi connectivity index (χ1n) is 9.09. The van der Waals surface area contributed by atoms with Crippen LogP contribution < -0.4 is 5.32 Å². The molecular weight excluding hydrogens is 402 g/mol. The number of fused-ring (bicyclic) bond motifs is 1. The Kier molecular flexibility index (Phi) is 5.62. The lowest BCUT2D eigenvalue weighted by molar-refractivity contribution is -0.148. The van der Waals surface area contributed by atoms with Gasteiger partial charge in [-0.25, -0.2) is 19.7 Å². The van der Waals surface area contributed by atoms with Gasteiger partial charge in [0.05, 0.1) is 6.33 Å². The van der Waals surface area contributed by atoms with E-state index in [0.717, 1.165) is 15.3 Å². The van der Waals surface area contributed by atoms with E-state index in [4.69, 9.17) is 4.74 Å². The third-order valence-corrected chi connectivity index (χ3v) is 5.30. The molecule has 3 aromatic heterocycles. The number of anilines is 1. The van der Waals surface area contributed by atoms with Crippen molar-refractivity contribution in [2.75, 3.05) is 5.32 Å². The summed E-state index contributed by atoms with van der Waals surface area (Å²) in [7, 11) is 0. The number of amides is 1. The van der Waals surface area contributed by atoms with Crippen molar-refractivity contribution < 1.29 is 14.3 Å². The number of nitrogens with zero attached hydrogens (tertiary/aromatic N) is 3. The second kappa shape index (κ2) is 8.66. The summed E-state index contributed by atoms with van der Waals surface area (Å²) in [6, 6.07) is 13.9. The van der Waals surface area contributed by atoms with Crippen molar-refractivity contribution in [3.8, 4) is 10.4 Å². The zero-order chi connectivity index (χ0) is 20.9. The van der Waals surface area contributed by atoms with Gasteiger partial charge in [0.1, 0.15) is 11.8 Å². The molecule has 8 nitrogen and oxygen atoms in total. The van der Waals surface area contributed by atoms with Gasteiger partial charge in [-0.2, -0.15) is 0 Å². The Hall–Kier alpha value is -3.85. The summed E-state index contributed by atoms with van der Waals surface area (Å²) >= 11 is 1.56. The molecule has 2 N–H and O–H groups in total. The van der Waals surface area contributed by atoms with E-state index in [1.807, 2.05) is 42.5 Å². The van der Waals surface area contributed by atoms with Crippen LogP contribution in [0.4, 0.5) is 5.82 Å². The number of carbonyl (C=O) groups is 2. The van der Waals surface area contributed by atoms with Gasteiger partial charge in [0.15, 0.2) is 17.6 Å². The molecule has 0 fully saturated rings. The van der Waals surface area contributed by atoms with Crippen LogP contribution in [-0.4, -0.2) is 37.9 Å². The van der Waals surface area contributed by atoms with Gasteiger partial charge >= 0.3 is 5.97 Å². The zero-order valence-electron chi connectivity index (χ0n) is 15.9. The number of hydrogen-bond donors (Lipinski definition) is 2. The van der Waals surface area contributed by atoms with Crippen LogP contribution in [0.15, 0.2) is 61.2 Å². The number of thiophene rings is 1. The van der Waals surface area contributed by atoms with Gasteiger partial charge in [-0.15, -0.1) is 11.3 Å². The van der Waals surface area contributed by atoms with Crippen molar-refractivity contribution in [3.05, 3.63) is 66.1 Å². The molecule has 4 aromatic rings. The molecule has 3 heterocycles. The monoisotopic (exact) mass is 419 g/mol. The highest BCUT2D eigenvalue weighted by molar-refractivity contribution is 7.16. The molecule has 1 atom stereocenters. The maximum absolute atomic E-state index is 12.3. The van der Waals surface area contributed by atoms with E-state index in [-0.39, 0.29) is 5.82 Å². The van der Waals surface area contributed by atoms with Crippen LogP contribution in [0.25, 0.3) is 27.7 Å². The predicted octanol–water partition coefficient (Wildman–Crippen LogP) is 3.67. The van der Waals surface area contributed by atoms with Crippen LogP contribution in [0.2, 0.25) is 0 Å². The molecule has 0 bridgehead atoms. The summed E-state index contributed by atoms with van der Waals surface area (Å²) < 4.78 is 5.19. The molecule has 1 amide bonds. The molecule has 4 rings (SSSR count). The van der Waals surface area contributed by atoms with E-state index in [0.29, 0.717) is 11.2 Å². The lowest BCUT2D eigenvalue weighted by Gasteiger charge is -2.11. The normalized spacial score (nSPS) is 12.2. The minimum absolute atomic E-state index is 0.271. The Morgan fingerprint density at radius 2 is 1.97 bits per heavy atom. The largest absolute Gasteiger partial charge is 0.449 e. The summed E-state index contributed by atoms with van der Waals surface area (Å²) in [6.07, 6.45) is 4.73. The Morgan fingerprint density at radius 1 is 1.13 bits per heavy atom. The minimum Gasteiger partial charge on any atom is -0.449 e. The number of carbonyl (C=O) groups excluding carboxylic acids is 2. The summed E-state index contributed by atoms with van der Waals surface area (Å²) in [5, 5.41) is 2.61. The number of H-pyrrole nitrogens is 1. The molecule has 1 aromatic carbocycles. The lowest BCUT2D eigenvalue weighted by atomic mass is 10.2. The van der Waals surface area contributed by atoms with Crippen LogP contribution in [0.5, 0.6) is 0 Å². The number of benzene rings is 1. The number of nitrogens with one attached hydrogen (secondary N) is 2. The fourth-order valence-corrected chi connectivity index (χ4v) is 3.61. The number of aromatic amines is 1. The quantitative estimate of drug-likeness (QED) is 0.365. The van der Waals surface area contributed by atoms with Gasteiger partial charge < -0.3 is 15.0 Å². The van der Waals surface area contributed by atoms with Crippen LogP contribution in [-0.2, 0) is 14.3 Å². The summed E-state index contributed by atoms with van der Waals surface area (Å²) in [6.45, 7) is 1.49. The first-order chi connectivity index (χ1) is 14.6. The molecule has 150 valence electrons. The molecule has 30 heavy (non-hydrogen) atoms. The first-order valence-corrected chi connectivity index (χ1v) is 9.90. The number of rotatable bonds is 6. The molecule has 1 unspecified atom stereocenters. The van der Waals surface area contributed by atoms with E-state index in [1.54, 1.807) is 17.4 Å². The van der Waals surface area contributed by atoms with Crippen molar-refractivity contribution in [1.82, 2.24) is 19.9 Å². The molecule has 0 radical (unpaired) electrons. The number of aromatic nitrogens is 4. The zero-order valence-corrected chi connectivity index (χ0v) is 16.7. The molecule has 0 aliphatic heterocycles. The summed E-state index contributed by atoms with van der Waals surface area (Å²) in [5.41, 5.74) is 2.04. The number of ether oxygens (including phenoxy) is 1. The summed E-state index contributed by atoms with van der Waals surface area (Å²) in [4.78, 5) is 41.3. The minimum atomic E-state index is -1.00. The van der Waals surface area contributed by atoms with E-state index in [1.165, 1.54) is 25.7 Å². The van der Waals surface area contributed by atoms with Gasteiger partial charge in [-0.3, -0.25) is 4.79 Å². The van der Waals surface area contributed by atoms with Gasteiger partial charge in [0.25, 0.3) is 5.91 Å². The van der Waals surface area contributed by atoms with E-state index in [9.17, 15) is 9.59 Å². The SMILES string of the molecule is CC(OC(=O)/C=C/c1ccc(-c2ccccc2)s1)C(=O)Nc1ncnc2nc[nH]c12. The molecule has 0 spiro atoms. The van der Waals surface area contributed by atoms with Gasteiger partial charge in [-0.1, -0.05) is 30.3 Å². The molecule has 0 saturated carbocycles. The maximum atomic E-state index is 12.3. The molecular formula is C21H17N5O3S. The molecule has 0 aliphatic rings. The highest BCUT2D eigenvalue weighted by atomic mass is 32.1.